The van der Waals surface area contributed by atoms with Gasteiger partial charge in [-0.3, -0.25) is 10.1 Å². The quantitative estimate of drug-likeness (QED) is 0.482. The van der Waals surface area contributed by atoms with E-state index in [1.165, 1.54) is 0 Å². The lowest BCUT2D eigenvalue weighted by molar-refractivity contribution is -0.385. The summed E-state index contributed by atoms with van der Waals surface area (Å²) in [5, 5.41) is 11.4. The van der Waals surface area contributed by atoms with Crippen LogP contribution in [0.15, 0.2) is 12.1 Å². The van der Waals surface area contributed by atoms with Gasteiger partial charge in [0.1, 0.15) is 5.75 Å². The van der Waals surface area contributed by atoms with E-state index in [0.29, 0.717) is 17.9 Å². The third-order valence-electron chi connectivity index (χ3n) is 2.02. The largest absolute Gasteiger partial charge is 0.492 e. The molecule has 0 radical (unpaired) electrons. The highest BCUT2D eigenvalue weighted by atomic mass is 79.9. The van der Waals surface area contributed by atoms with E-state index in [4.69, 9.17) is 4.74 Å². The molecule has 0 heterocycles. The Balaban J connectivity index is 3.02. The number of nitro groups is 1. The van der Waals surface area contributed by atoms with Crippen molar-refractivity contribution in [1.29, 1.82) is 0 Å². The molecule has 0 bridgehead atoms. The van der Waals surface area contributed by atoms with Crippen LogP contribution in [0, 0.1) is 24.0 Å². The maximum absolute atomic E-state index is 10.7. The van der Waals surface area contributed by atoms with E-state index in [0.717, 1.165) is 10.9 Å². The van der Waals surface area contributed by atoms with Crippen molar-refractivity contribution in [2.45, 2.75) is 13.8 Å². The maximum atomic E-state index is 10.7. The van der Waals surface area contributed by atoms with Gasteiger partial charge in [-0.05, 0) is 25.5 Å². The third-order valence-corrected chi connectivity index (χ3v) is 2.35. The fourth-order valence-electron chi connectivity index (χ4n) is 1.28. The zero-order valence-corrected chi connectivity index (χ0v) is 10.2. The van der Waals surface area contributed by atoms with Crippen LogP contribution in [0.3, 0.4) is 0 Å². The van der Waals surface area contributed by atoms with Crippen LogP contribution in [0.5, 0.6) is 5.75 Å². The molecule has 0 aliphatic carbocycles. The minimum atomic E-state index is -0.378. The summed E-state index contributed by atoms with van der Waals surface area (Å²) >= 11 is 3.25. The van der Waals surface area contributed by atoms with Gasteiger partial charge in [0.25, 0.3) is 5.69 Å². The number of ether oxygens (including phenoxy) is 1. The van der Waals surface area contributed by atoms with Crippen LogP contribution < -0.4 is 4.74 Å². The predicted octanol–water partition coefficient (Wildman–Crippen LogP) is 2.99. The summed E-state index contributed by atoms with van der Waals surface area (Å²) in [6.07, 6.45) is 0. The molecule has 0 aliphatic rings. The Morgan fingerprint density at radius 2 is 2.07 bits per heavy atom. The molecule has 0 fully saturated rings. The van der Waals surface area contributed by atoms with Gasteiger partial charge in [0.05, 0.1) is 11.5 Å². The van der Waals surface area contributed by atoms with Gasteiger partial charge in [0, 0.05) is 17.0 Å². The molecule has 0 N–H and O–H groups in total. The van der Waals surface area contributed by atoms with Crippen LogP contribution in [0.4, 0.5) is 5.69 Å². The summed E-state index contributed by atoms with van der Waals surface area (Å²) in [6.45, 7) is 4.06. The van der Waals surface area contributed by atoms with Crippen molar-refractivity contribution in [2.24, 2.45) is 0 Å². The smallest absolute Gasteiger partial charge is 0.272 e. The van der Waals surface area contributed by atoms with Crippen LogP contribution in [-0.4, -0.2) is 16.9 Å². The second-order valence-corrected chi connectivity index (χ2v) is 3.99. The van der Waals surface area contributed by atoms with Crippen molar-refractivity contribution >= 4 is 21.6 Å². The maximum Gasteiger partial charge on any atom is 0.272 e. The van der Waals surface area contributed by atoms with Gasteiger partial charge in [0.15, 0.2) is 0 Å². The molecule has 4 nitrogen and oxygen atoms in total. The first-order valence-corrected chi connectivity index (χ1v) is 5.62. The first-order chi connectivity index (χ1) is 7.06. The first kappa shape index (κ1) is 12.0. The second-order valence-electron chi connectivity index (χ2n) is 3.20. The Morgan fingerprint density at radius 1 is 1.40 bits per heavy atom. The highest BCUT2D eigenvalue weighted by Crippen LogP contribution is 2.27. The average molecular weight is 274 g/mol. The average Bonchev–Trinajstić information content (AvgIpc) is 2.18. The monoisotopic (exact) mass is 273 g/mol. The molecule has 1 rings (SSSR count). The Morgan fingerprint density at radius 3 is 2.60 bits per heavy atom. The van der Waals surface area contributed by atoms with Crippen LogP contribution in [0.2, 0.25) is 0 Å². The summed E-state index contributed by atoms with van der Waals surface area (Å²) in [4.78, 5) is 10.3. The van der Waals surface area contributed by atoms with E-state index in [2.05, 4.69) is 15.9 Å². The zero-order valence-electron chi connectivity index (χ0n) is 8.62. The summed E-state index contributed by atoms with van der Waals surface area (Å²) in [5.41, 5.74) is 1.54. The van der Waals surface area contributed by atoms with Crippen molar-refractivity contribution in [1.82, 2.24) is 0 Å². The lowest BCUT2D eigenvalue weighted by Crippen LogP contribution is -2.01. The van der Waals surface area contributed by atoms with Crippen LogP contribution in [0.25, 0.3) is 0 Å². The molecule has 0 spiro atoms. The first-order valence-electron chi connectivity index (χ1n) is 4.50. The molecule has 0 saturated carbocycles. The normalized spacial score (nSPS) is 10.1. The highest BCUT2D eigenvalue weighted by molar-refractivity contribution is 9.09. The molecule has 0 unspecified atom stereocenters. The third kappa shape index (κ3) is 2.92. The van der Waals surface area contributed by atoms with E-state index < -0.39 is 0 Å². The standard InChI is InChI=1S/C10H12BrNO3/c1-7-6-10(15-4-3-11)8(2)5-9(7)12(13)14/h5-6H,3-4H2,1-2H3. The van der Waals surface area contributed by atoms with Gasteiger partial charge in [-0.25, -0.2) is 0 Å². The van der Waals surface area contributed by atoms with Gasteiger partial charge >= 0.3 is 0 Å². The molecular weight excluding hydrogens is 262 g/mol. The Kier molecular flexibility index (Phi) is 4.08. The van der Waals surface area contributed by atoms with Crippen molar-refractivity contribution in [2.75, 3.05) is 11.9 Å². The number of nitro benzene ring substituents is 1. The summed E-state index contributed by atoms with van der Waals surface area (Å²) < 4.78 is 5.43. The highest BCUT2D eigenvalue weighted by Gasteiger charge is 2.13. The number of rotatable bonds is 4. The van der Waals surface area contributed by atoms with Gasteiger partial charge in [-0.15, -0.1) is 0 Å². The van der Waals surface area contributed by atoms with Gasteiger partial charge in [-0.1, -0.05) is 15.9 Å². The van der Waals surface area contributed by atoms with Gasteiger partial charge in [0.2, 0.25) is 0 Å². The number of nitrogens with zero attached hydrogens (tertiary/aromatic N) is 1. The predicted molar refractivity (Wildman–Crippen MR) is 61.9 cm³/mol. The van der Waals surface area contributed by atoms with Crippen LogP contribution >= 0.6 is 15.9 Å². The van der Waals surface area contributed by atoms with Crippen LogP contribution in [0.1, 0.15) is 11.1 Å². The van der Waals surface area contributed by atoms with Crippen molar-refractivity contribution in [3.8, 4) is 5.75 Å². The Hall–Kier alpha value is -1.10. The molecule has 0 amide bonds. The minimum Gasteiger partial charge on any atom is -0.492 e. The summed E-state index contributed by atoms with van der Waals surface area (Å²) in [5.74, 6) is 0.706. The fourth-order valence-corrected chi connectivity index (χ4v) is 1.44. The number of hydrogen-bond donors (Lipinski definition) is 0. The lowest BCUT2D eigenvalue weighted by Gasteiger charge is -2.08. The molecule has 1 aromatic carbocycles. The van der Waals surface area contributed by atoms with Crippen molar-refractivity contribution in [3.63, 3.8) is 0 Å². The number of halogens is 1. The number of benzene rings is 1. The lowest BCUT2D eigenvalue weighted by atomic mass is 10.1. The van der Waals surface area contributed by atoms with Crippen LogP contribution in [-0.2, 0) is 0 Å². The summed E-state index contributed by atoms with van der Waals surface area (Å²) in [6, 6.07) is 3.25. The van der Waals surface area contributed by atoms with E-state index in [1.807, 2.05) is 0 Å². The van der Waals surface area contributed by atoms with E-state index in [9.17, 15) is 10.1 Å². The molecule has 0 aromatic heterocycles. The van der Waals surface area contributed by atoms with E-state index in [1.54, 1.807) is 26.0 Å². The van der Waals surface area contributed by atoms with Crippen molar-refractivity contribution < 1.29 is 9.66 Å². The van der Waals surface area contributed by atoms with Gasteiger partial charge < -0.3 is 4.74 Å². The van der Waals surface area contributed by atoms with Crippen molar-refractivity contribution in [3.05, 3.63) is 33.4 Å². The minimum absolute atomic E-state index is 0.138. The molecule has 5 heteroatoms. The molecule has 82 valence electrons. The second kappa shape index (κ2) is 5.11. The number of hydrogen-bond acceptors (Lipinski definition) is 3. The Labute approximate surface area is 96.5 Å². The SMILES string of the molecule is Cc1cc([N+](=O)[O-])c(C)cc1OCCBr. The summed E-state index contributed by atoms with van der Waals surface area (Å²) in [7, 11) is 0. The molecule has 1 aromatic rings. The van der Waals surface area contributed by atoms with E-state index >= 15 is 0 Å². The number of alkyl halides is 1. The number of aryl methyl sites for hydroxylation is 2. The fraction of sp³-hybridized carbons (Fsp3) is 0.400. The van der Waals surface area contributed by atoms with Gasteiger partial charge in [-0.2, -0.15) is 0 Å². The zero-order chi connectivity index (χ0) is 11.4. The topological polar surface area (TPSA) is 52.4 Å². The molecule has 15 heavy (non-hydrogen) atoms. The molecule has 0 aliphatic heterocycles. The Bertz CT molecular complexity index is 379. The molecule has 0 saturated heterocycles. The molecule has 0 atom stereocenters. The molecular formula is C10H12BrNO3. The van der Waals surface area contributed by atoms with E-state index in [-0.39, 0.29) is 10.6 Å².